The number of aromatic nitrogens is 6. The summed E-state index contributed by atoms with van der Waals surface area (Å²) in [6.45, 7) is 14.1. The van der Waals surface area contributed by atoms with Gasteiger partial charge in [0.2, 0.25) is 5.95 Å². The Morgan fingerprint density at radius 2 is 1.78 bits per heavy atom. The minimum atomic E-state index is 0.157. The van der Waals surface area contributed by atoms with E-state index in [9.17, 15) is 0 Å². The SMILES string of the molecule is CCc1nc2ccccc2n1-c1nc(N2CCOCC2)c2nc(C3CCN(C(C)(C)C)C3)n(C)c2n1. The Hall–Kier alpha value is -3.04. The maximum Gasteiger partial charge on any atom is 0.239 e. The zero-order valence-electron chi connectivity index (χ0n) is 22.0. The molecule has 2 fully saturated rings. The molecule has 0 spiro atoms. The lowest BCUT2D eigenvalue weighted by atomic mass is 10.1. The van der Waals surface area contributed by atoms with Gasteiger partial charge in [-0.2, -0.15) is 9.97 Å². The van der Waals surface area contributed by atoms with E-state index >= 15 is 0 Å². The van der Waals surface area contributed by atoms with Crippen molar-refractivity contribution in [1.29, 1.82) is 0 Å². The van der Waals surface area contributed by atoms with Gasteiger partial charge in [-0.15, -0.1) is 0 Å². The largest absolute Gasteiger partial charge is 0.378 e. The molecule has 2 aliphatic rings. The van der Waals surface area contributed by atoms with E-state index in [1.807, 2.05) is 12.1 Å². The molecule has 4 aromatic rings. The Morgan fingerprint density at radius 1 is 1.00 bits per heavy atom. The molecule has 2 aliphatic heterocycles. The van der Waals surface area contributed by atoms with Crippen LogP contribution in [-0.4, -0.2) is 78.9 Å². The average molecular weight is 489 g/mol. The molecule has 0 radical (unpaired) electrons. The van der Waals surface area contributed by atoms with Crippen molar-refractivity contribution >= 4 is 28.0 Å². The van der Waals surface area contributed by atoms with Crippen LogP contribution < -0.4 is 4.90 Å². The van der Waals surface area contributed by atoms with Gasteiger partial charge in [0.15, 0.2) is 17.0 Å². The third kappa shape index (κ3) is 3.85. The van der Waals surface area contributed by atoms with Gasteiger partial charge in [0.05, 0.1) is 24.2 Å². The Labute approximate surface area is 212 Å². The molecule has 0 N–H and O–H groups in total. The fourth-order valence-electron chi connectivity index (χ4n) is 5.63. The summed E-state index contributed by atoms with van der Waals surface area (Å²) in [4.78, 5) is 25.2. The van der Waals surface area contributed by atoms with E-state index in [0.29, 0.717) is 25.1 Å². The number of fused-ring (bicyclic) bond motifs is 2. The van der Waals surface area contributed by atoms with Gasteiger partial charge in [0.25, 0.3) is 0 Å². The minimum absolute atomic E-state index is 0.157. The molecule has 1 unspecified atom stereocenters. The number of hydrogen-bond donors (Lipinski definition) is 0. The summed E-state index contributed by atoms with van der Waals surface area (Å²) < 4.78 is 9.97. The number of aryl methyl sites for hydroxylation is 2. The fraction of sp³-hybridized carbons (Fsp3) is 0.556. The van der Waals surface area contributed by atoms with Gasteiger partial charge < -0.3 is 14.2 Å². The van der Waals surface area contributed by atoms with E-state index in [1.54, 1.807) is 0 Å². The summed E-state index contributed by atoms with van der Waals surface area (Å²) in [7, 11) is 2.11. The lowest BCUT2D eigenvalue weighted by Crippen LogP contribution is -2.39. The van der Waals surface area contributed by atoms with Crippen LogP contribution in [0.3, 0.4) is 0 Å². The van der Waals surface area contributed by atoms with Crippen molar-refractivity contribution in [3.63, 3.8) is 0 Å². The molecule has 9 heteroatoms. The molecule has 6 rings (SSSR count). The zero-order valence-corrected chi connectivity index (χ0v) is 22.0. The van der Waals surface area contributed by atoms with Gasteiger partial charge in [0, 0.05) is 44.6 Å². The molecule has 2 saturated heterocycles. The Balaban J connectivity index is 1.53. The first-order valence-corrected chi connectivity index (χ1v) is 13.1. The maximum atomic E-state index is 5.65. The molecule has 5 heterocycles. The highest BCUT2D eigenvalue weighted by molar-refractivity contribution is 5.86. The highest BCUT2D eigenvalue weighted by atomic mass is 16.5. The fourth-order valence-corrected chi connectivity index (χ4v) is 5.63. The number of hydrogen-bond acceptors (Lipinski definition) is 7. The first kappa shape index (κ1) is 23.4. The van der Waals surface area contributed by atoms with Crippen molar-refractivity contribution in [2.24, 2.45) is 7.05 Å². The highest BCUT2D eigenvalue weighted by Crippen LogP contribution is 2.35. The van der Waals surface area contributed by atoms with Crippen molar-refractivity contribution in [3.05, 3.63) is 35.9 Å². The number of nitrogens with zero attached hydrogens (tertiary/aromatic N) is 8. The van der Waals surface area contributed by atoms with Crippen molar-refractivity contribution in [1.82, 2.24) is 34.0 Å². The number of likely N-dealkylation sites (tertiary alicyclic amines) is 1. The van der Waals surface area contributed by atoms with Crippen LogP contribution in [0.25, 0.3) is 28.1 Å². The van der Waals surface area contributed by atoms with Crippen LogP contribution >= 0.6 is 0 Å². The Kier molecular flexibility index (Phi) is 5.72. The van der Waals surface area contributed by atoms with Gasteiger partial charge in [-0.1, -0.05) is 19.1 Å². The summed E-state index contributed by atoms with van der Waals surface area (Å²) >= 11 is 0. The van der Waals surface area contributed by atoms with Crippen molar-refractivity contribution < 1.29 is 4.74 Å². The monoisotopic (exact) mass is 488 g/mol. The molecular weight excluding hydrogens is 452 g/mol. The molecule has 9 nitrogen and oxygen atoms in total. The summed E-state index contributed by atoms with van der Waals surface area (Å²) in [5, 5.41) is 0. The number of rotatable bonds is 4. The molecule has 0 amide bonds. The Bertz CT molecular complexity index is 1410. The van der Waals surface area contributed by atoms with E-state index in [0.717, 1.165) is 78.7 Å². The zero-order chi connectivity index (χ0) is 25.0. The highest BCUT2D eigenvalue weighted by Gasteiger charge is 2.34. The van der Waals surface area contributed by atoms with Crippen LogP contribution in [0.2, 0.25) is 0 Å². The third-order valence-corrected chi connectivity index (χ3v) is 7.68. The summed E-state index contributed by atoms with van der Waals surface area (Å²) in [6, 6.07) is 8.22. The number of ether oxygens (including phenoxy) is 1. The topological polar surface area (TPSA) is 77.1 Å². The number of para-hydroxylation sites is 2. The number of benzene rings is 1. The first-order chi connectivity index (χ1) is 17.3. The van der Waals surface area contributed by atoms with Crippen LogP contribution in [0.15, 0.2) is 24.3 Å². The summed E-state index contributed by atoms with van der Waals surface area (Å²) in [5.74, 6) is 3.99. The summed E-state index contributed by atoms with van der Waals surface area (Å²) in [6.07, 6.45) is 1.90. The molecule has 1 atom stereocenters. The van der Waals surface area contributed by atoms with E-state index < -0.39 is 0 Å². The van der Waals surface area contributed by atoms with Gasteiger partial charge in [-0.3, -0.25) is 9.47 Å². The molecular formula is C27H36N8O. The van der Waals surface area contributed by atoms with Gasteiger partial charge in [-0.05, 0) is 45.9 Å². The normalized spacial score (nSPS) is 19.7. The number of anilines is 1. The quantitative estimate of drug-likeness (QED) is 0.434. The van der Waals surface area contributed by atoms with Crippen molar-refractivity contribution in [2.75, 3.05) is 44.3 Å². The van der Waals surface area contributed by atoms with Crippen molar-refractivity contribution in [2.45, 2.75) is 52.0 Å². The van der Waals surface area contributed by atoms with Crippen LogP contribution in [0, 0.1) is 0 Å². The first-order valence-electron chi connectivity index (χ1n) is 13.1. The predicted octanol–water partition coefficient (Wildman–Crippen LogP) is 3.69. The van der Waals surface area contributed by atoms with E-state index in [4.69, 9.17) is 24.7 Å². The van der Waals surface area contributed by atoms with Crippen LogP contribution in [0.1, 0.15) is 51.7 Å². The third-order valence-electron chi connectivity index (χ3n) is 7.68. The van der Waals surface area contributed by atoms with Gasteiger partial charge in [0.1, 0.15) is 11.6 Å². The molecule has 0 bridgehead atoms. The standard InChI is InChI=1S/C27H36N8O/c1-6-21-28-19-9-7-8-10-20(19)35(21)26-30-24-22(25(31-26)33-13-15-36-16-14-33)29-23(32(24)5)18-11-12-34(17-18)27(2,3)4/h7-10,18H,6,11-17H2,1-5H3. The maximum absolute atomic E-state index is 5.65. The molecule has 1 aromatic carbocycles. The second-order valence-corrected chi connectivity index (χ2v) is 11.0. The number of morpholine rings is 1. The van der Waals surface area contributed by atoms with Crippen LogP contribution in [0.4, 0.5) is 5.82 Å². The van der Waals surface area contributed by atoms with Gasteiger partial charge in [-0.25, -0.2) is 9.97 Å². The van der Waals surface area contributed by atoms with E-state index in [1.165, 1.54) is 0 Å². The predicted molar refractivity (Wildman–Crippen MR) is 142 cm³/mol. The lowest BCUT2D eigenvalue weighted by molar-refractivity contribution is 0.122. The van der Waals surface area contributed by atoms with Crippen LogP contribution in [-0.2, 0) is 18.2 Å². The molecule has 36 heavy (non-hydrogen) atoms. The molecule has 0 aliphatic carbocycles. The number of imidazole rings is 2. The lowest BCUT2D eigenvalue weighted by Gasteiger charge is -2.31. The van der Waals surface area contributed by atoms with Crippen molar-refractivity contribution in [3.8, 4) is 5.95 Å². The molecule has 190 valence electrons. The second kappa shape index (κ2) is 8.81. The summed E-state index contributed by atoms with van der Waals surface area (Å²) in [5.41, 5.74) is 3.91. The Morgan fingerprint density at radius 3 is 2.50 bits per heavy atom. The van der Waals surface area contributed by atoms with E-state index in [2.05, 4.69) is 65.8 Å². The average Bonchev–Trinajstić information content (AvgIpc) is 3.59. The molecule has 3 aromatic heterocycles. The smallest absolute Gasteiger partial charge is 0.239 e. The van der Waals surface area contributed by atoms with Crippen LogP contribution in [0.5, 0.6) is 0 Å². The minimum Gasteiger partial charge on any atom is -0.378 e. The second-order valence-electron chi connectivity index (χ2n) is 11.0. The van der Waals surface area contributed by atoms with E-state index in [-0.39, 0.29) is 5.54 Å². The molecule has 0 saturated carbocycles. The van der Waals surface area contributed by atoms with Gasteiger partial charge >= 0.3 is 0 Å².